The largest absolute Gasteiger partial charge is 0.359 e. The maximum absolute atomic E-state index is 14.0. The van der Waals surface area contributed by atoms with Crippen LogP contribution >= 0.6 is 0 Å². The number of nitrogens with one attached hydrogen (secondary N) is 1. The van der Waals surface area contributed by atoms with E-state index in [0.717, 1.165) is 36.8 Å². The second-order valence-corrected chi connectivity index (χ2v) is 9.87. The van der Waals surface area contributed by atoms with Crippen LogP contribution in [0.2, 0.25) is 0 Å². The van der Waals surface area contributed by atoms with Crippen molar-refractivity contribution in [1.82, 2.24) is 10.2 Å². The molecule has 5 atom stereocenters. The summed E-state index contributed by atoms with van der Waals surface area (Å²) >= 11 is 0. The van der Waals surface area contributed by atoms with Gasteiger partial charge in [0.1, 0.15) is 11.6 Å². The zero-order chi connectivity index (χ0) is 22.4. The predicted molar refractivity (Wildman–Crippen MR) is 125 cm³/mol. The third kappa shape index (κ3) is 3.33. The molecule has 3 fully saturated rings. The lowest BCUT2D eigenvalue weighted by Gasteiger charge is -2.33. The highest BCUT2D eigenvalue weighted by Crippen LogP contribution is 2.58. The number of nitrogens with zero attached hydrogens (tertiary/aromatic N) is 1. The van der Waals surface area contributed by atoms with Crippen molar-refractivity contribution in [1.29, 1.82) is 0 Å². The summed E-state index contributed by atoms with van der Waals surface area (Å²) in [6.07, 6.45) is 8.95. The van der Waals surface area contributed by atoms with E-state index < -0.39 is 11.6 Å². The number of carbonyl (C=O) groups is 2. The average molecular weight is 443 g/mol. The monoisotopic (exact) mass is 442 g/mol. The highest BCUT2D eigenvalue weighted by molar-refractivity contribution is 5.97. The van der Waals surface area contributed by atoms with E-state index in [1.165, 1.54) is 0 Å². The molecule has 1 N–H and O–H groups in total. The van der Waals surface area contributed by atoms with Crippen LogP contribution in [-0.4, -0.2) is 47.0 Å². The molecule has 5 heteroatoms. The van der Waals surface area contributed by atoms with Crippen LogP contribution in [0.5, 0.6) is 0 Å². The van der Waals surface area contributed by atoms with Crippen molar-refractivity contribution in [2.45, 2.75) is 61.8 Å². The predicted octanol–water partition coefficient (Wildman–Crippen LogP) is 3.61. The molecule has 2 aromatic carbocycles. The first-order chi connectivity index (χ1) is 16.2. The van der Waals surface area contributed by atoms with Crippen LogP contribution in [0, 0.1) is 5.92 Å². The Morgan fingerprint density at radius 1 is 1.03 bits per heavy atom. The minimum atomic E-state index is -0.887. The molecule has 0 aromatic heterocycles. The van der Waals surface area contributed by atoms with Crippen molar-refractivity contribution in [2.24, 2.45) is 5.92 Å². The van der Waals surface area contributed by atoms with Gasteiger partial charge in [-0.1, -0.05) is 85.7 Å². The Labute approximate surface area is 194 Å². The van der Waals surface area contributed by atoms with E-state index in [-0.39, 0.29) is 35.8 Å². The molecular formula is C28H30N2O3. The molecule has 1 saturated carbocycles. The van der Waals surface area contributed by atoms with Crippen LogP contribution in [0.3, 0.4) is 0 Å². The van der Waals surface area contributed by atoms with E-state index >= 15 is 0 Å². The first-order valence-corrected chi connectivity index (χ1v) is 12.2. The summed E-state index contributed by atoms with van der Waals surface area (Å²) in [7, 11) is 0. The summed E-state index contributed by atoms with van der Waals surface area (Å²) in [6, 6.07) is 19.9. The van der Waals surface area contributed by atoms with Gasteiger partial charge in [0.2, 0.25) is 11.8 Å². The summed E-state index contributed by atoms with van der Waals surface area (Å²) in [6.45, 7) is 0.507. The number of benzene rings is 2. The molecule has 2 amide bonds. The summed E-state index contributed by atoms with van der Waals surface area (Å²) in [5.41, 5.74) is 1.38. The lowest BCUT2D eigenvalue weighted by atomic mass is 9.72. The number of amides is 2. The first kappa shape index (κ1) is 20.7. The summed E-state index contributed by atoms with van der Waals surface area (Å²) in [5.74, 6) is -0.458. The molecule has 0 radical (unpaired) electrons. The SMILES string of the molecule is O=C(NC1CCCC1)C1N(CCc2ccccc2)C(=O)C2C(c3ccccc3)C3C=CC21O3. The van der Waals surface area contributed by atoms with E-state index in [4.69, 9.17) is 4.74 Å². The highest BCUT2D eigenvalue weighted by atomic mass is 16.5. The zero-order valence-electron chi connectivity index (χ0n) is 18.7. The van der Waals surface area contributed by atoms with Gasteiger partial charge in [0, 0.05) is 18.5 Å². The zero-order valence-corrected chi connectivity index (χ0v) is 18.7. The molecule has 4 aliphatic rings. The van der Waals surface area contributed by atoms with Gasteiger partial charge in [0.25, 0.3) is 0 Å². The highest BCUT2D eigenvalue weighted by Gasteiger charge is 2.71. The van der Waals surface area contributed by atoms with Gasteiger partial charge >= 0.3 is 0 Å². The number of fused-ring (bicyclic) bond motifs is 1. The second-order valence-electron chi connectivity index (χ2n) is 9.87. The molecule has 6 rings (SSSR count). The van der Waals surface area contributed by atoms with Crippen LogP contribution in [-0.2, 0) is 20.7 Å². The quantitative estimate of drug-likeness (QED) is 0.696. The fourth-order valence-corrected chi connectivity index (χ4v) is 6.51. The topological polar surface area (TPSA) is 58.6 Å². The molecule has 2 aromatic rings. The molecular weight excluding hydrogens is 412 g/mol. The average Bonchev–Trinajstić information content (AvgIpc) is 3.61. The van der Waals surface area contributed by atoms with Gasteiger partial charge in [-0.15, -0.1) is 0 Å². The summed E-state index contributed by atoms with van der Waals surface area (Å²) in [5, 5.41) is 3.27. The summed E-state index contributed by atoms with van der Waals surface area (Å²) < 4.78 is 6.57. The standard InChI is InChI=1S/C28H30N2O3/c31-26(29-21-13-7-8-14-21)25-28-17-15-22(33-28)23(20-11-5-2-6-12-20)24(28)27(32)30(25)18-16-19-9-3-1-4-10-19/h1-6,9-12,15,17,21-25H,7-8,13-14,16,18H2,(H,29,31). The van der Waals surface area contributed by atoms with Crippen molar-refractivity contribution >= 4 is 11.8 Å². The number of hydrogen-bond donors (Lipinski definition) is 1. The van der Waals surface area contributed by atoms with Crippen LogP contribution < -0.4 is 5.32 Å². The number of ether oxygens (including phenoxy) is 1. The minimum absolute atomic E-state index is 0.0400. The van der Waals surface area contributed by atoms with Gasteiger partial charge < -0.3 is 15.0 Å². The Kier molecular flexibility index (Phi) is 5.10. The number of carbonyl (C=O) groups excluding carboxylic acids is 2. The number of likely N-dealkylation sites (tertiary alicyclic amines) is 1. The van der Waals surface area contributed by atoms with E-state index in [1.807, 2.05) is 47.4 Å². The van der Waals surface area contributed by atoms with Crippen LogP contribution in [0.4, 0.5) is 0 Å². The fourth-order valence-electron chi connectivity index (χ4n) is 6.51. The minimum Gasteiger partial charge on any atom is -0.359 e. The van der Waals surface area contributed by atoms with Gasteiger partial charge in [-0.25, -0.2) is 0 Å². The van der Waals surface area contributed by atoms with Crippen LogP contribution in [0.25, 0.3) is 0 Å². The Bertz CT molecular complexity index is 1060. The van der Waals surface area contributed by atoms with E-state index in [1.54, 1.807) is 0 Å². The van der Waals surface area contributed by atoms with Gasteiger partial charge in [0.15, 0.2) is 0 Å². The van der Waals surface area contributed by atoms with Crippen molar-refractivity contribution < 1.29 is 14.3 Å². The van der Waals surface area contributed by atoms with E-state index in [9.17, 15) is 9.59 Å². The number of rotatable bonds is 6. The Hall–Kier alpha value is -2.92. The molecule has 2 saturated heterocycles. The van der Waals surface area contributed by atoms with Crippen LogP contribution in [0.15, 0.2) is 72.8 Å². The van der Waals surface area contributed by atoms with Crippen molar-refractivity contribution in [3.05, 3.63) is 83.9 Å². The molecule has 33 heavy (non-hydrogen) atoms. The summed E-state index contributed by atoms with van der Waals surface area (Å²) in [4.78, 5) is 29.5. The number of hydrogen-bond acceptors (Lipinski definition) is 3. The molecule has 1 aliphatic carbocycles. The second kappa shape index (κ2) is 8.14. The molecule has 1 spiro atoms. The smallest absolute Gasteiger partial charge is 0.246 e. The third-order valence-corrected chi connectivity index (χ3v) is 7.99. The Morgan fingerprint density at radius 3 is 2.45 bits per heavy atom. The van der Waals surface area contributed by atoms with Crippen molar-refractivity contribution in [3.63, 3.8) is 0 Å². The fraction of sp³-hybridized carbons (Fsp3) is 0.429. The molecule has 2 bridgehead atoms. The Balaban J connectivity index is 1.35. The normalized spacial score (nSPS) is 32.5. The lowest BCUT2D eigenvalue weighted by Crippen LogP contribution is -2.56. The molecule has 170 valence electrons. The van der Waals surface area contributed by atoms with Gasteiger partial charge in [-0.2, -0.15) is 0 Å². The van der Waals surface area contributed by atoms with Crippen molar-refractivity contribution in [2.75, 3.05) is 6.54 Å². The van der Waals surface area contributed by atoms with Gasteiger partial charge in [-0.05, 0) is 30.4 Å². The molecule has 3 heterocycles. The first-order valence-electron chi connectivity index (χ1n) is 12.2. The Morgan fingerprint density at radius 2 is 1.73 bits per heavy atom. The molecule has 5 nitrogen and oxygen atoms in total. The van der Waals surface area contributed by atoms with Crippen molar-refractivity contribution in [3.8, 4) is 0 Å². The van der Waals surface area contributed by atoms with Crippen LogP contribution in [0.1, 0.15) is 42.7 Å². The maximum atomic E-state index is 14.0. The van der Waals surface area contributed by atoms with E-state index in [2.05, 4.69) is 35.7 Å². The molecule has 5 unspecified atom stereocenters. The lowest BCUT2D eigenvalue weighted by molar-refractivity contribution is -0.139. The maximum Gasteiger partial charge on any atom is 0.246 e. The van der Waals surface area contributed by atoms with Gasteiger partial charge in [0.05, 0.1) is 12.0 Å². The molecule has 3 aliphatic heterocycles. The van der Waals surface area contributed by atoms with E-state index in [0.29, 0.717) is 13.0 Å². The van der Waals surface area contributed by atoms with Gasteiger partial charge in [-0.3, -0.25) is 9.59 Å². The third-order valence-electron chi connectivity index (χ3n) is 7.99.